The Balaban J connectivity index is 2.12. The Morgan fingerprint density at radius 2 is 1.79 bits per heavy atom. The van der Waals surface area contributed by atoms with E-state index < -0.39 is 10.0 Å². The number of halogens is 1. The number of hydrogen-bond donors (Lipinski definition) is 1. The molecule has 0 spiro atoms. The summed E-state index contributed by atoms with van der Waals surface area (Å²) in [6.45, 7) is 0. The number of aryl methyl sites for hydroxylation is 1. The summed E-state index contributed by atoms with van der Waals surface area (Å²) < 4.78 is 29.0. The molecular weight excluding hydrogens is 332 g/mol. The summed E-state index contributed by atoms with van der Waals surface area (Å²) in [5, 5.41) is 7.52. The molecule has 0 atom stereocenters. The SMILES string of the molecule is Cn1nnc(Br)c1S(=O)(=O)NC1CCCCCCC1. The largest absolute Gasteiger partial charge is 0.260 e. The Labute approximate surface area is 122 Å². The number of nitrogens with one attached hydrogen (secondary N) is 1. The van der Waals surface area contributed by atoms with Crippen molar-refractivity contribution in [3.8, 4) is 0 Å². The molecule has 1 aliphatic carbocycles. The molecule has 6 nitrogen and oxygen atoms in total. The van der Waals surface area contributed by atoms with Gasteiger partial charge in [-0.25, -0.2) is 17.8 Å². The Morgan fingerprint density at radius 3 is 2.32 bits per heavy atom. The molecule has 1 fully saturated rings. The minimum Gasteiger partial charge on any atom is -0.235 e. The molecular formula is C11H19BrN4O2S. The van der Waals surface area contributed by atoms with Crippen LogP contribution in [0.15, 0.2) is 9.63 Å². The molecule has 19 heavy (non-hydrogen) atoms. The van der Waals surface area contributed by atoms with Gasteiger partial charge >= 0.3 is 0 Å². The van der Waals surface area contributed by atoms with Crippen molar-refractivity contribution < 1.29 is 8.42 Å². The summed E-state index contributed by atoms with van der Waals surface area (Å²) in [6.07, 6.45) is 7.61. The van der Waals surface area contributed by atoms with Gasteiger partial charge in [0.25, 0.3) is 10.0 Å². The van der Waals surface area contributed by atoms with Crippen molar-refractivity contribution in [1.29, 1.82) is 0 Å². The van der Waals surface area contributed by atoms with Crippen LogP contribution in [0.4, 0.5) is 0 Å². The molecule has 0 bridgehead atoms. The van der Waals surface area contributed by atoms with Crippen LogP contribution in [0.2, 0.25) is 0 Å². The smallest absolute Gasteiger partial charge is 0.235 e. The zero-order chi connectivity index (χ0) is 13.9. The van der Waals surface area contributed by atoms with Crippen LogP contribution in [0.1, 0.15) is 44.9 Å². The number of nitrogens with zero attached hydrogens (tertiary/aromatic N) is 3. The molecule has 0 unspecified atom stereocenters. The second kappa shape index (κ2) is 6.32. The van der Waals surface area contributed by atoms with Gasteiger partial charge in [0.05, 0.1) is 0 Å². The molecule has 0 saturated heterocycles. The lowest BCUT2D eigenvalue weighted by Crippen LogP contribution is -2.36. The number of hydrogen-bond acceptors (Lipinski definition) is 4. The summed E-state index contributed by atoms with van der Waals surface area (Å²) in [6, 6.07) is 0.0205. The number of aromatic nitrogens is 3. The van der Waals surface area contributed by atoms with Gasteiger partial charge in [0, 0.05) is 13.1 Å². The topological polar surface area (TPSA) is 76.9 Å². The molecule has 2 rings (SSSR count). The highest BCUT2D eigenvalue weighted by molar-refractivity contribution is 9.10. The second-order valence-corrected chi connectivity index (χ2v) is 7.35. The zero-order valence-corrected chi connectivity index (χ0v) is 13.4. The van der Waals surface area contributed by atoms with E-state index in [1.807, 2.05) is 0 Å². The molecule has 1 aliphatic rings. The minimum absolute atomic E-state index is 0.0205. The Kier molecular flexibility index (Phi) is 4.97. The van der Waals surface area contributed by atoms with E-state index in [0.29, 0.717) is 0 Å². The monoisotopic (exact) mass is 350 g/mol. The average molecular weight is 351 g/mol. The van der Waals surface area contributed by atoms with Crippen LogP contribution in [-0.4, -0.2) is 29.5 Å². The maximum absolute atomic E-state index is 12.4. The standard InChI is InChI=1S/C11H19BrN4O2S/c1-16-11(10(12)13-15-16)19(17,18)14-9-7-5-3-2-4-6-8-9/h9,14H,2-8H2,1H3. The third-order valence-electron chi connectivity index (χ3n) is 3.42. The molecule has 0 aliphatic heterocycles. The number of sulfonamides is 1. The van der Waals surface area contributed by atoms with Crippen molar-refractivity contribution in [1.82, 2.24) is 19.7 Å². The maximum Gasteiger partial charge on any atom is 0.260 e. The lowest BCUT2D eigenvalue weighted by Gasteiger charge is -2.20. The Morgan fingerprint density at radius 1 is 1.21 bits per heavy atom. The number of rotatable bonds is 3. The van der Waals surface area contributed by atoms with Crippen molar-refractivity contribution in [3.63, 3.8) is 0 Å². The predicted molar refractivity (Wildman–Crippen MR) is 75.1 cm³/mol. The van der Waals surface area contributed by atoms with Crippen LogP contribution < -0.4 is 4.72 Å². The minimum atomic E-state index is -3.56. The molecule has 0 radical (unpaired) electrons. The predicted octanol–water partition coefficient (Wildman–Crippen LogP) is 1.97. The summed E-state index contributed by atoms with van der Waals surface area (Å²) >= 11 is 3.13. The van der Waals surface area contributed by atoms with Crippen LogP contribution in [0.3, 0.4) is 0 Å². The third kappa shape index (κ3) is 3.76. The van der Waals surface area contributed by atoms with Crippen LogP contribution >= 0.6 is 15.9 Å². The fourth-order valence-electron chi connectivity index (χ4n) is 2.46. The van der Waals surface area contributed by atoms with Crippen LogP contribution in [0.25, 0.3) is 0 Å². The summed E-state index contributed by atoms with van der Waals surface area (Å²) in [5.74, 6) is 0. The first-order valence-corrected chi connectivity index (χ1v) is 8.86. The van der Waals surface area contributed by atoms with Gasteiger partial charge in [0.2, 0.25) is 5.03 Å². The van der Waals surface area contributed by atoms with Crippen LogP contribution in [0, 0.1) is 0 Å². The van der Waals surface area contributed by atoms with Crippen molar-refractivity contribution in [3.05, 3.63) is 4.60 Å². The molecule has 1 N–H and O–H groups in total. The molecule has 1 aromatic rings. The van der Waals surface area contributed by atoms with Crippen molar-refractivity contribution in [2.75, 3.05) is 0 Å². The van der Waals surface area contributed by atoms with E-state index in [1.54, 1.807) is 7.05 Å². The van der Waals surface area contributed by atoms with Crippen molar-refractivity contribution in [2.45, 2.75) is 56.0 Å². The first-order valence-electron chi connectivity index (χ1n) is 6.58. The lowest BCUT2D eigenvalue weighted by atomic mass is 9.97. The van der Waals surface area contributed by atoms with E-state index in [-0.39, 0.29) is 15.7 Å². The molecule has 0 amide bonds. The summed E-state index contributed by atoms with van der Waals surface area (Å²) in [4.78, 5) is 0. The summed E-state index contributed by atoms with van der Waals surface area (Å²) in [5.41, 5.74) is 0. The normalized spacial score (nSPS) is 19.1. The second-order valence-electron chi connectivity index (χ2n) is 4.97. The fraction of sp³-hybridized carbons (Fsp3) is 0.818. The van der Waals surface area contributed by atoms with Crippen LogP contribution in [0.5, 0.6) is 0 Å². The molecule has 108 valence electrons. The van der Waals surface area contributed by atoms with E-state index in [0.717, 1.165) is 25.7 Å². The highest BCUT2D eigenvalue weighted by Gasteiger charge is 2.26. The first-order chi connectivity index (χ1) is 9.00. The van der Waals surface area contributed by atoms with Gasteiger partial charge in [0.15, 0.2) is 4.60 Å². The van der Waals surface area contributed by atoms with Gasteiger partial charge in [-0.15, -0.1) is 5.10 Å². The molecule has 0 aromatic carbocycles. The zero-order valence-electron chi connectivity index (χ0n) is 11.0. The highest BCUT2D eigenvalue weighted by Crippen LogP contribution is 2.21. The van der Waals surface area contributed by atoms with Gasteiger partial charge in [-0.05, 0) is 28.8 Å². The maximum atomic E-state index is 12.4. The lowest BCUT2D eigenvalue weighted by molar-refractivity contribution is 0.424. The quantitative estimate of drug-likeness (QED) is 0.903. The fourth-order valence-corrected chi connectivity index (χ4v) is 4.86. The molecule has 1 aromatic heterocycles. The summed E-state index contributed by atoms with van der Waals surface area (Å²) in [7, 11) is -1.99. The Hall–Kier alpha value is -0.470. The molecule has 1 heterocycles. The van der Waals surface area contributed by atoms with E-state index in [1.165, 1.54) is 23.9 Å². The van der Waals surface area contributed by atoms with Gasteiger partial charge in [-0.1, -0.05) is 37.3 Å². The van der Waals surface area contributed by atoms with Crippen LogP contribution in [-0.2, 0) is 17.1 Å². The van der Waals surface area contributed by atoms with Gasteiger partial charge in [-0.2, -0.15) is 0 Å². The van der Waals surface area contributed by atoms with Crippen molar-refractivity contribution >= 4 is 26.0 Å². The highest BCUT2D eigenvalue weighted by atomic mass is 79.9. The van der Waals surface area contributed by atoms with E-state index in [2.05, 4.69) is 31.0 Å². The first kappa shape index (κ1) is 14.9. The molecule has 8 heteroatoms. The van der Waals surface area contributed by atoms with E-state index >= 15 is 0 Å². The average Bonchev–Trinajstić information content (AvgIpc) is 2.62. The third-order valence-corrected chi connectivity index (χ3v) is 5.83. The van der Waals surface area contributed by atoms with Gasteiger partial charge < -0.3 is 0 Å². The van der Waals surface area contributed by atoms with E-state index in [9.17, 15) is 8.42 Å². The van der Waals surface area contributed by atoms with Gasteiger partial charge in [0.1, 0.15) is 0 Å². The van der Waals surface area contributed by atoms with Crippen molar-refractivity contribution in [2.24, 2.45) is 7.05 Å². The Bertz CT molecular complexity index is 501. The van der Waals surface area contributed by atoms with Gasteiger partial charge in [-0.3, -0.25) is 0 Å². The van der Waals surface area contributed by atoms with E-state index in [4.69, 9.17) is 0 Å². The molecule has 1 saturated carbocycles.